The SMILES string of the molecule is C[C@@H](CC1CCCCC1)N=C=S. The summed E-state index contributed by atoms with van der Waals surface area (Å²) in [4.78, 5) is 4.08. The van der Waals surface area contributed by atoms with Crippen molar-refractivity contribution in [3.05, 3.63) is 0 Å². The van der Waals surface area contributed by atoms with E-state index < -0.39 is 0 Å². The van der Waals surface area contributed by atoms with Crippen molar-refractivity contribution in [3.63, 3.8) is 0 Å². The first-order valence-electron chi connectivity index (χ1n) is 4.90. The van der Waals surface area contributed by atoms with E-state index in [-0.39, 0.29) is 0 Å². The van der Waals surface area contributed by atoms with Gasteiger partial charge in [0.25, 0.3) is 0 Å². The molecule has 1 aliphatic rings. The van der Waals surface area contributed by atoms with Gasteiger partial charge < -0.3 is 0 Å². The summed E-state index contributed by atoms with van der Waals surface area (Å²) < 4.78 is 0. The van der Waals surface area contributed by atoms with Crippen LogP contribution in [0.1, 0.15) is 45.4 Å². The number of isothiocyanates is 1. The highest BCUT2D eigenvalue weighted by atomic mass is 32.1. The lowest BCUT2D eigenvalue weighted by Crippen LogP contribution is -2.12. The van der Waals surface area contributed by atoms with Crippen LogP contribution in [0.15, 0.2) is 4.99 Å². The largest absolute Gasteiger partial charge is 0.229 e. The summed E-state index contributed by atoms with van der Waals surface area (Å²) in [5.74, 6) is 0.904. The van der Waals surface area contributed by atoms with Crippen LogP contribution in [0.2, 0.25) is 0 Å². The fourth-order valence-electron chi connectivity index (χ4n) is 2.05. The van der Waals surface area contributed by atoms with Gasteiger partial charge in [0.2, 0.25) is 0 Å². The molecule has 1 atom stereocenters. The first-order chi connectivity index (χ1) is 5.83. The third-order valence-corrected chi connectivity index (χ3v) is 2.78. The van der Waals surface area contributed by atoms with Gasteiger partial charge in [0.15, 0.2) is 0 Å². The third kappa shape index (κ3) is 3.46. The lowest BCUT2D eigenvalue weighted by Gasteiger charge is -2.22. The molecule has 0 radical (unpaired) electrons. The lowest BCUT2D eigenvalue weighted by molar-refractivity contribution is 0.324. The molecule has 0 bridgehead atoms. The molecule has 1 saturated carbocycles. The zero-order valence-electron chi connectivity index (χ0n) is 7.75. The molecule has 0 aromatic heterocycles. The predicted molar refractivity (Wildman–Crippen MR) is 55.7 cm³/mol. The molecule has 0 amide bonds. The number of hydrogen-bond acceptors (Lipinski definition) is 2. The average molecular weight is 183 g/mol. The van der Waals surface area contributed by atoms with E-state index in [0.29, 0.717) is 6.04 Å². The highest BCUT2D eigenvalue weighted by Crippen LogP contribution is 2.27. The summed E-state index contributed by atoms with van der Waals surface area (Å²) in [6.07, 6.45) is 8.27. The van der Waals surface area contributed by atoms with Gasteiger partial charge in [-0.25, -0.2) is 4.99 Å². The standard InChI is InChI=1S/C10H17NS/c1-9(11-8-12)7-10-5-3-2-4-6-10/h9-10H,2-7H2,1H3/t9-/m0/s1. The Kier molecular flexibility index (Phi) is 4.49. The van der Waals surface area contributed by atoms with Gasteiger partial charge >= 0.3 is 0 Å². The Morgan fingerprint density at radius 2 is 2.08 bits per heavy atom. The highest BCUT2D eigenvalue weighted by molar-refractivity contribution is 7.78. The van der Waals surface area contributed by atoms with Crippen molar-refractivity contribution in [2.75, 3.05) is 0 Å². The van der Waals surface area contributed by atoms with Crippen molar-refractivity contribution in [1.29, 1.82) is 0 Å². The highest BCUT2D eigenvalue weighted by Gasteiger charge is 2.15. The molecule has 12 heavy (non-hydrogen) atoms. The summed E-state index contributed by atoms with van der Waals surface area (Å²) in [6, 6.07) is 0.394. The zero-order chi connectivity index (χ0) is 8.81. The van der Waals surface area contributed by atoms with Gasteiger partial charge in [-0.15, -0.1) is 0 Å². The first-order valence-corrected chi connectivity index (χ1v) is 5.30. The maximum Gasteiger partial charge on any atom is 0.0587 e. The molecule has 0 aromatic carbocycles. The number of hydrogen-bond donors (Lipinski definition) is 0. The Bertz CT molecular complexity index is 167. The van der Waals surface area contributed by atoms with Crippen molar-refractivity contribution >= 4 is 17.4 Å². The average Bonchev–Trinajstić information content (AvgIpc) is 2.06. The minimum absolute atomic E-state index is 0.394. The first kappa shape index (κ1) is 9.88. The molecular weight excluding hydrogens is 166 g/mol. The second-order valence-electron chi connectivity index (χ2n) is 3.81. The Labute approximate surface area is 80.3 Å². The zero-order valence-corrected chi connectivity index (χ0v) is 8.57. The molecule has 0 N–H and O–H groups in total. The third-order valence-electron chi connectivity index (χ3n) is 2.67. The molecule has 1 nitrogen and oxygen atoms in total. The molecule has 0 unspecified atom stereocenters. The second-order valence-corrected chi connectivity index (χ2v) is 3.99. The quantitative estimate of drug-likeness (QED) is 0.482. The van der Waals surface area contributed by atoms with Crippen LogP contribution < -0.4 is 0 Å². The monoisotopic (exact) mass is 183 g/mol. The van der Waals surface area contributed by atoms with Gasteiger partial charge in [-0.2, -0.15) is 0 Å². The molecular formula is C10H17NS. The summed E-state index contributed by atoms with van der Waals surface area (Å²) in [5, 5.41) is 2.47. The number of aliphatic imine (C=N–C) groups is 1. The summed E-state index contributed by atoms with van der Waals surface area (Å²) in [6.45, 7) is 2.13. The minimum atomic E-state index is 0.394. The van der Waals surface area contributed by atoms with Crippen LogP contribution in [0, 0.1) is 5.92 Å². The van der Waals surface area contributed by atoms with E-state index in [2.05, 4.69) is 29.3 Å². The van der Waals surface area contributed by atoms with Crippen LogP contribution in [0.5, 0.6) is 0 Å². The molecule has 0 aliphatic heterocycles. The van der Waals surface area contributed by atoms with Crippen molar-refractivity contribution in [1.82, 2.24) is 0 Å². The van der Waals surface area contributed by atoms with Gasteiger partial charge in [-0.3, -0.25) is 0 Å². The number of rotatable bonds is 3. The molecule has 0 saturated heterocycles. The molecule has 68 valence electrons. The van der Waals surface area contributed by atoms with Crippen molar-refractivity contribution in [2.24, 2.45) is 10.9 Å². The smallest absolute Gasteiger partial charge is 0.0587 e. The maximum atomic E-state index is 4.58. The number of nitrogens with zero attached hydrogens (tertiary/aromatic N) is 1. The van der Waals surface area contributed by atoms with Crippen molar-refractivity contribution in [3.8, 4) is 0 Å². The van der Waals surface area contributed by atoms with E-state index in [1.165, 1.54) is 38.5 Å². The van der Waals surface area contributed by atoms with Gasteiger partial charge in [0.05, 0.1) is 11.2 Å². The normalized spacial score (nSPS) is 21.4. The van der Waals surface area contributed by atoms with Gasteiger partial charge in [0, 0.05) is 0 Å². The Morgan fingerprint density at radius 3 is 2.67 bits per heavy atom. The van der Waals surface area contributed by atoms with Crippen LogP contribution in [-0.4, -0.2) is 11.2 Å². The topological polar surface area (TPSA) is 12.4 Å². The minimum Gasteiger partial charge on any atom is -0.229 e. The predicted octanol–water partition coefficient (Wildman–Crippen LogP) is 3.45. The Hall–Kier alpha value is -0.200. The van der Waals surface area contributed by atoms with Crippen LogP contribution in [0.4, 0.5) is 0 Å². The van der Waals surface area contributed by atoms with E-state index in [0.717, 1.165) is 5.92 Å². The number of thiocarbonyl (C=S) groups is 1. The van der Waals surface area contributed by atoms with Crippen LogP contribution >= 0.6 is 12.2 Å². The summed E-state index contributed by atoms with van der Waals surface area (Å²) in [5.41, 5.74) is 0. The van der Waals surface area contributed by atoms with E-state index >= 15 is 0 Å². The van der Waals surface area contributed by atoms with E-state index in [9.17, 15) is 0 Å². The van der Waals surface area contributed by atoms with Crippen molar-refractivity contribution < 1.29 is 0 Å². The Balaban J connectivity index is 2.24. The fourth-order valence-corrected chi connectivity index (χ4v) is 2.23. The Morgan fingerprint density at radius 1 is 1.42 bits per heavy atom. The summed E-state index contributed by atoms with van der Waals surface area (Å²) in [7, 11) is 0. The summed E-state index contributed by atoms with van der Waals surface area (Å²) >= 11 is 4.58. The van der Waals surface area contributed by atoms with Gasteiger partial charge in [0.1, 0.15) is 0 Å². The molecule has 0 aromatic rings. The molecule has 2 heteroatoms. The molecule has 0 spiro atoms. The van der Waals surface area contributed by atoms with Crippen LogP contribution in [0.3, 0.4) is 0 Å². The fraction of sp³-hybridized carbons (Fsp3) is 0.900. The van der Waals surface area contributed by atoms with Gasteiger partial charge in [-0.1, -0.05) is 32.1 Å². The van der Waals surface area contributed by atoms with E-state index in [1.54, 1.807) is 0 Å². The van der Waals surface area contributed by atoms with Crippen molar-refractivity contribution in [2.45, 2.75) is 51.5 Å². The molecule has 1 rings (SSSR count). The lowest BCUT2D eigenvalue weighted by atomic mass is 9.85. The molecule has 1 fully saturated rings. The van der Waals surface area contributed by atoms with Crippen LogP contribution in [-0.2, 0) is 0 Å². The molecule has 1 aliphatic carbocycles. The van der Waals surface area contributed by atoms with Gasteiger partial charge in [-0.05, 0) is 31.5 Å². The second kappa shape index (κ2) is 5.45. The molecule has 0 heterocycles. The van der Waals surface area contributed by atoms with Crippen LogP contribution in [0.25, 0.3) is 0 Å². The maximum absolute atomic E-state index is 4.58. The van der Waals surface area contributed by atoms with E-state index in [1.807, 2.05) is 0 Å². The van der Waals surface area contributed by atoms with E-state index in [4.69, 9.17) is 0 Å².